The van der Waals surface area contributed by atoms with Gasteiger partial charge in [-0.05, 0) is 44.5 Å². The predicted octanol–water partition coefficient (Wildman–Crippen LogP) is 5.43. The highest BCUT2D eigenvalue weighted by atomic mass is 35.5. The molecule has 0 bridgehead atoms. The summed E-state index contributed by atoms with van der Waals surface area (Å²) in [6.07, 6.45) is 3.63. The number of ether oxygens (including phenoxy) is 2. The zero-order chi connectivity index (χ0) is 19.3. The van der Waals surface area contributed by atoms with Crippen molar-refractivity contribution in [3.05, 3.63) is 53.6 Å². The Morgan fingerprint density at radius 2 is 1.82 bits per heavy atom. The van der Waals surface area contributed by atoms with Crippen molar-refractivity contribution in [2.45, 2.75) is 19.3 Å². The number of fused-ring (bicyclic) bond motifs is 1. The second-order valence-electron chi connectivity index (χ2n) is 7.13. The Kier molecular flexibility index (Phi) is 5.98. The van der Waals surface area contributed by atoms with Crippen molar-refractivity contribution in [1.29, 1.82) is 0 Å². The molecular formula is C23H25ClN2O2. The number of nitrogens with zero attached hydrogens (tertiary/aromatic N) is 2. The first-order valence-corrected chi connectivity index (χ1v) is 10.2. The second kappa shape index (κ2) is 8.80. The van der Waals surface area contributed by atoms with Crippen molar-refractivity contribution in [3.63, 3.8) is 0 Å². The summed E-state index contributed by atoms with van der Waals surface area (Å²) >= 11 is 6.55. The Labute approximate surface area is 171 Å². The summed E-state index contributed by atoms with van der Waals surface area (Å²) in [5.41, 5.74) is 2.69. The Morgan fingerprint density at radius 3 is 2.57 bits per heavy atom. The van der Waals surface area contributed by atoms with Gasteiger partial charge in [0.25, 0.3) is 0 Å². The van der Waals surface area contributed by atoms with Crippen molar-refractivity contribution >= 4 is 22.5 Å². The molecule has 1 saturated heterocycles. The van der Waals surface area contributed by atoms with Gasteiger partial charge < -0.3 is 14.4 Å². The molecule has 4 rings (SSSR count). The third-order valence-electron chi connectivity index (χ3n) is 5.19. The van der Waals surface area contributed by atoms with Crippen LogP contribution in [0.5, 0.6) is 11.5 Å². The van der Waals surface area contributed by atoms with Gasteiger partial charge >= 0.3 is 0 Å². The smallest absolute Gasteiger partial charge is 0.163 e. The summed E-state index contributed by atoms with van der Waals surface area (Å²) in [6, 6.07) is 15.8. The van der Waals surface area contributed by atoms with Crippen molar-refractivity contribution in [2.24, 2.45) is 0 Å². The van der Waals surface area contributed by atoms with Gasteiger partial charge in [0.15, 0.2) is 11.5 Å². The van der Waals surface area contributed by atoms with E-state index in [2.05, 4.69) is 4.90 Å². The number of aromatic nitrogens is 1. The lowest BCUT2D eigenvalue weighted by Gasteiger charge is -2.16. The van der Waals surface area contributed by atoms with Crippen LogP contribution in [0.2, 0.25) is 5.02 Å². The topological polar surface area (TPSA) is 34.6 Å². The minimum Gasteiger partial charge on any atom is -0.493 e. The van der Waals surface area contributed by atoms with Crippen molar-refractivity contribution in [3.8, 4) is 22.8 Å². The number of hydrogen-bond donors (Lipinski definition) is 0. The predicted molar refractivity (Wildman–Crippen MR) is 115 cm³/mol. The van der Waals surface area contributed by atoms with Crippen molar-refractivity contribution in [1.82, 2.24) is 9.88 Å². The molecule has 4 nitrogen and oxygen atoms in total. The van der Waals surface area contributed by atoms with Crippen molar-refractivity contribution < 1.29 is 9.47 Å². The van der Waals surface area contributed by atoms with Crippen LogP contribution in [0.25, 0.3) is 22.2 Å². The lowest BCUT2D eigenvalue weighted by molar-refractivity contribution is 0.254. The maximum absolute atomic E-state index is 6.55. The van der Waals surface area contributed by atoms with E-state index in [1.165, 1.54) is 25.9 Å². The molecule has 2 aromatic carbocycles. The van der Waals surface area contributed by atoms with Crippen LogP contribution < -0.4 is 9.47 Å². The van der Waals surface area contributed by atoms with Gasteiger partial charge in [-0.15, -0.1) is 0 Å². The molecule has 0 atom stereocenters. The Balaban J connectivity index is 1.56. The van der Waals surface area contributed by atoms with E-state index in [1.54, 1.807) is 7.11 Å². The van der Waals surface area contributed by atoms with Gasteiger partial charge in [0.1, 0.15) is 0 Å². The van der Waals surface area contributed by atoms with Crippen LogP contribution in [-0.2, 0) is 0 Å². The highest BCUT2D eigenvalue weighted by Gasteiger charge is 2.14. The Hall–Kier alpha value is -2.30. The molecule has 0 amide bonds. The van der Waals surface area contributed by atoms with Crippen LogP contribution in [0.1, 0.15) is 19.3 Å². The van der Waals surface area contributed by atoms with E-state index >= 15 is 0 Å². The molecular weight excluding hydrogens is 372 g/mol. The molecule has 146 valence electrons. The maximum atomic E-state index is 6.55. The van der Waals surface area contributed by atoms with E-state index in [0.717, 1.165) is 35.1 Å². The number of pyridine rings is 1. The lowest BCUT2D eigenvalue weighted by atomic mass is 10.1. The molecule has 2 heterocycles. The molecule has 0 aliphatic carbocycles. The summed E-state index contributed by atoms with van der Waals surface area (Å²) in [7, 11) is 1.65. The molecule has 0 spiro atoms. The van der Waals surface area contributed by atoms with Gasteiger partial charge in [-0.1, -0.05) is 41.9 Å². The molecule has 0 unspecified atom stereocenters. The molecule has 1 aliphatic heterocycles. The summed E-state index contributed by atoms with van der Waals surface area (Å²) in [5, 5.41) is 1.52. The fourth-order valence-electron chi connectivity index (χ4n) is 3.70. The SMILES string of the molecule is COc1cc2c(Cl)cc(-c3ccccc3)nc2cc1OCCCN1CCCC1. The van der Waals surface area contributed by atoms with Crippen LogP contribution in [0.3, 0.4) is 0 Å². The van der Waals surface area contributed by atoms with Gasteiger partial charge in [-0.2, -0.15) is 0 Å². The summed E-state index contributed by atoms with van der Waals surface area (Å²) < 4.78 is 11.6. The van der Waals surface area contributed by atoms with E-state index in [1.807, 2.05) is 48.5 Å². The van der Waals surface area contributed by atoms with Crippen LogP contribution in [0, 0.1) is 0 Å². The van der Waals surface area contributed by atoms with Crippen LogP contribution >= 0.6 is 11.6 Å². The molecule has 0 saturated carbocycles. The van der Waals surface area contributed by atoms with E-state index in [4.69, 9.17) is 26.1 Å². The number of likely N-dealkylation sites (tertiary alicyclic amines) is 1. The number of hydrogen-bond acceptors (Lipinski definition) is 4. The highest BCUT2D eigenvalue weighted by Crippen LogP contribution is 2.36. The first-order chi connectivity index (χ1) is 13.7. The maximum Gasteiger partial charge on any atom is 0.163 e. The summed E-state index contributed by atoms with van der Waals surface area (Å²) in [6.45, 7) is 4.16. The normalized spacial score (nSPS) is 14.5. The number of methoxy groups -OCH3 is 1. The second-order valence-corrected chi connectivity index (χ2v) is 7.53. The molecule has 3 aromatic rings. The van der Waals surface area contributed by atoms with E-state index in [-0.39, 0.29) is 0 Å². The molecule has 28 heavy (non-hydrogen) atoms. The largest absolute Gasteiger partial charge is 0.493 e. The monoisotopic (exact) mass is 396 g/mol. The fourth-order valence-corrected chi connectivity index (χ4v) is 3.95. The molecule has 1 aromatic heterocycles. The Bertz CT molecular complexity index is 940. The third-order valence-corrected chi connectivity index (χ3v) is 5.50. The van der Waals surface area contributed by atoms with Gasteiger partial charge in [0, 0.05) is 23.6 Å². The Morgan fingerprint density at radius 1 is 1.04 bits per heavy atom. The zero-order valence-corrected chi connectivity index (χ0v) is 16.9. The highest BCUT2D eigenvalue weighted by molar-refractivity contribution is 6.35. The summed E-state index contributed by atoms with van der Waals surface area (Å²) in [4.78, 5) is 7.30. The average molecular weight is 397 g/mol. The first-order valence-electron chi connectivity index (χ1n) is 9.83. The molecule has 1 aliphatic rings. The lowest BCUT2D eigenvalue weighted by Crippen LogP contribution is -2.21. The number of benzene rings is 2. The van der Waals surface area contributed by atoms with E-state index in [9.17, 15) is 0 Å². The average Bonchev–Trinajstić information content (AvgIpc) is 3.25. The van der Waals surface area contributed by atoms with Crippen LogP contribution in [0.4, 0.5) is 0 Å². The molecule has 0 N–H and O–H groups in total. The molecule has 5 heteroatoms. The van der Waals surface area contributed by atoms with Crippen LogP contribution in [0.15, 0.2) is 48.5 Å². The zero-order valence-electron chi connectivity index (χ0n) is 16.2. The molecule has 0 radical (unpaired) electrons. The van der Waals surface area contributed by atoms with Gasteiger partial charge in [0.05, 0.1) is 29.9 Å². The van der Waals surface area contributed by atoms with Gasteiger partial charge in [0.2, 0.25) is 0 Å². The van der Waals surface area contributed by atoms with Gasteiger partial charge in [-0.25, -0.2) is 4.98 Å². The summed E-state index contributed by atoms with van der Waals surface area (Å²) in [5.74, 6) is 1.40. The number of halogens is 1. The minimum atomic E-state index is 0.655. The first kappa shape index (κ1) is 19.0. The minimum absolute atomic E-state index is 0.655. The van der Waals surface area contributed by atoms with Crippen LogP contribution in [-0.4, -0.2) is 43.2 Å². The standard InChI is InChI=1S/C23H25ClN2O2/c1-27-22-14-18-19(24)15-20(17-8-3-2-4-9-17)25-21(18)16-23(22)28-13-7-12-26-10-5-6-11-26/h2-4,8-9,14-16H,5-7,10-13H2,1H3. The van der Waals surface area contributed by atoms with Gasteiger partial charge in [-0.3, -0.25) is 0 Å². The van der Waals surface area contributed by atoms with E-state index < -0.39 is 0 Å². The molecule has 1 fully saturated rings. The quantitative estimate of drug-likeness (QED) is 0.499. The number of rotatable bonds is 7. The van der Waals surface area contributed by atoms with Crippen molar-refractivity contribution in [2.75, 3.05) is 33.4 Å². The third kappa shape index (κ3) is 4.23. The fraction of sp³-hybridized carbons (Fsp3) is 0.348. The van der Waals surface area contributed by atoms with E-state index in [0.29, 0.717) is 23.1 Å².